The van der Waals surface area contributed by atoms with E-state index in [1.54, 1.807) is 6.08 Å². The lowest BCUT2D eigenvalue weighted by Gasteiger charge is -2.05. The van der Waals surface area contributed by atoms with Crippen molar-refractivity contribution >= 4 is 17.9 Å². The first-order chi connectivity index (χ1) is 12.2. The van der Waals surface area contributed by atoms with Gasteiger partial charge in [0, 0.05) is 5.56 Å². The zero-order valence-electron chi connectivity index (χ0n) is 14.5. The van der Waals surface area contributed by atoms with E-state index in [4.69, 9.17) is 9.47 Å². The fraction of sp³-hybridized carbons (Fsp3) is 0.238. The lowest BCUT2D eigenvalue weighted by Crippen LogP contribution is -2.05. The van der Waals surface area contributed by atoms with Gasteiger partial charge in [0.05, 0.1) is 6.61 Å². The summed E-state index contributed by atoms with van der Waals surface area (Å²) in [6.07, 6.45) is 3.87. The van der Waals surface area contributed by atoms with Crippen molar-refractivity contribution in [1.82, 2.24) is 0 Å². The highest BCUT2D eigenvalue weighted by molar-refractivity contribution is 6.12. The quantitative estimate of drug-likeness (QED) is 0.443. The van der Waals surface area contributed by atoms with Gasteiger partial charge in [-0.25, -0.2) is 9.79 Å². The van der Waals surface area contributed by atoms with E-state index in [0.29, 0.717) is 18.2 Å². The minimum Gasteiger partial charge on any atom is -0.494 e. The Kier molecular flexibility index (Phi) is 5.29. The van der Waals surface area contributed by atoms with Crippen molar-refractivity contribution in [2.75, 3.05) is 6.61 Å². The van der Waals surface area contributed by atoms with Crippen LogP contribution in [-0.2, 0) is 9.53 Å². The van der Waals surface area contributed by atoms with E-state index in [1.165, 1.54) is 0 Å². The maximum absolute atomic E-state index is 12.1. The summed E-state index contributed by atoms with van der Waals surface area (Å²) >= 11 is 0. The molecule has 0 bridgehead atoms. The standard InChI is InChI=1S/C21H21NO3/c1-3-4-12-24-18-10-8-17(9-11-18)20-22-19(21(23)25-20)14-16-7-5-6-15(2)13-16/h5-11,13-14H,3-4,12H2,1-2H3/b19-14+. The summed E-state index contributed by atoms with van der Waals surface area (Å²) in [6.45, 7) is 4.84. The second kappa shape index (κ2) is 7.79. The van der Waals surface area contributed by atoms with Gasteiger partial charge in [-0.3, -0.25) is 0 Å². The first-order valence-corrected chi connectivity index (χ1v) is 8.48. The largest absolute Gasteiger partial charge is 0.494 e. The van der Waals surface area contributed by atoms with E-state index in [2.05, 4.69) is 11.9 Å². The maximum Gasteiger partial charge on any atom is 0.363 e. The average Bonchev–Trinajstić information content (AvgIpc) is 2.96. The number of ether oxygens (including phenoxy) is 2. The van der Waals surface area contributed by atoms with Gasteiger partial charge in [0.15, 0.2) is 5.70 Å². The Morgan fingerprint density at radius 1 is 1.16 bits per heavy atom. The minimum absolute atomic E-state index is 0.309. The third kappa shape index (κ3) is 4.35. The molecule has 3 rings (SSSR count). The maximum atomic E-state index is 12.1. The number of benzene rings is 2. The van der Waals surface area contributed by atoms with Crippen molar-refractivity contribution in [1.29, 1.82) is 0 Å². The van der Waals surface area contributed by atoms with E-state index < -0.39 is 5.97 Å². The normalized spacial score (nSPS) is 15.2. The Morgan fingerprint density at radius 3 is 2.68 bits per heavy atom. The smallest absolute Gasteiger partial charge is 0.363 e. The highest BCUT2D eigenvalue weighted by atomic mass is 16.6. The van der Waals surface area contributed by atoms with Crippen molar-refractivity contribution in [3.8, 4) is 5.75 Å². The van der Waals surface area contributed by atoms with E-state index >= 15 is 0 Å². The molecule has 25 heavy (non-hydrogen) atoms. The van der Waals surface area contributed by atoms with Crippen LogP contribution in [0.25, 0.3) is 6.08 Å². The molecule has 0 saturated carbocycles. The first kappa shape index (κ1) is 17.0. The Balaban J connectivity index is 1.76. The summed E-state index contributed by atoms with van der Waals surface area (Å²) in [5.74, 6) is 0.696. The van der Waals surface area contributed by atoms with Crippen molar-refractivity contribution in [2.45, 2.75) is 26.7 Å². The molecule has 1 aliphatic rings. The van der Waals surface area contributed by atoms with Crippen LogP contribution < -0.4 is 4.74 Å². The Labute approximate surface area is 147 Å². The predicted octanol–water partition coefficient (Wildman–Crippen LogP) is 4.52. The van der Waals surface area contributed by atoms with Gasteiger partial charge >= 0.3 is 5.97 Å². The van der Waals surface area contributed by atoms with Crippen LogP contribution in [0.4, 0.5) is 0 Å². The number of hydrogen-bond donors (Lipinski definition) is 0. The molecule has 0 radical (unpaired) electrons. The fourth-order valence-corrected chi connectivity index (χ4v) is 2.48. The van der Waals surface area contributed by atoms with E-state index in [1.807, 2.05) is 55.5 Å². The SMILES string of the molecule is CCCCOc1ccc(C2=N/C(=C/c3cccc(C)c3)C(=O)O2)cc1. The van der Waals surface area contributed by atoms with Gasteiger partial charge in [-0.2, -0.15) is 0 Å². The predicted molar refractivity (Wildman–Crippen MR) is 98.6 cm³/mol. The number of esters is 1. The third-order valence-corrected chi connectivity index (χ3v) is 3.83. The number of rotatable bonds is 6. The van der Waals surface area contributed by atoms with Crippen LogP contribution in [-0.4, -0.2) is 18.5 Å². The number of carbonyl (C=O) groups excluding carboxylic acids is 1. The molecule has 0 spiro atoms. The highest BCUT2D eigenvalue weighted by Crippen LogP contribution is 2.21. The summed E-state index contributed by atoms with van der Waals surface area (Å²) in [5, 5.41) is 0. The Morgan fingerprint density at radius 2 is 1.96 bits per heavy atom. The number of unbranched alkanes of at least 4 members (excludes halogenated alkanes) is 1. The zero-order chi connectivity index (χ0) is 17.6. The van der Waals surface area contributed by atoms with Crippen LogP contribution in [0.15, 0.2) is 59.2 Å². The molecular weight excluding hydrogens is 314 g/mol. The van der Waals surface area contributed by atoms with Crippen LogP contribution >= 0.6 is 0 Å². The van der Waals surface area contributed by atoms with E-state index in [-0.39, 0.29) is 0 Å². The van der Waals surface area contributed by atoms with Crippen LogP contribution in [0.1, 0.15) is 36.5 Å². The third-order valence-electron chi connectivity index (χ3n) is 3.83. The van der Waals surface area contributed by atoms with Gasteiger partial charge in [0.25, 0.3) is 0 Å². The molecular formula is C21H21NO3. The number of nitrogens with zero attached hydrogens (tertiary/aromatic N) is 1. The van der Waals surface area contributed by atoms with Gasteiger partial charge < -0.3 is 9.47 Å². The molecule has 0 fully saturated rings. The topological polar surface area (TPSA) is 47.9 Å². The van der Waals surface area contributed by atoms with Crippen molar-refractivity contribution in [3.63, 3.8) is 0 Å². The molecule has 4 heteroatoms. The molecule has 0 amide bonds. The van der Waals surface area contributed by atoms with Crippen LogP contribution in [0.3, 0.4) is 0 Å². The zero-order valence-corrected chi connectivity index (χ0v) is 14.5. The summed E-state index contributed by atoms with van der Waals surface area (Å²) in [5.41, 5.74) is 3.12. The van der Waals surface area contributed by atoms with Crippen molar-refractivity contribution in [2.24, 2.45) is 4.99 Å². The van der Waals surface area contributed by atoms with Crippen molar-refractivity contribution in [3.05, 3.63) is 70.9 Å². The summed E-state index contributed by atoms with van der Waals surface area (Å²) in [6, 6.07) is 15.3. The molecule has 0 unspecified atom stereocenters. The van der Waals surface area contributed by atoms with Crippen LogP contribution in [0.2, 0.25) is 0 Å². The van der Waals surface area contributed by atoms with Gasteiger partial charge in [0.2, 0.25) is 5.90 Å². The number of hydrogen-bond acceptors (Lipinski definition) is 4. The Bertz CT molecular complexity index is 819. The average molecular weight is 335 g/mol. The molecule has 0 saturated heterocycles. The molecule has 0 aromatic heterocycles. The summed E-state index contributed by atoms with van der Waals surface area (Å²) < 4.78 is 10.9. The minimum atomic E-state index is -0.431. The van der Waals surface area contributed by atoms with Gasteiger partial charge in [-0.15, -0.1) is 0 Å². The lowest BCUT2D eigenvalue weighted by atomic mass is 10.1. The van der Waals surface area contributed by atoms with Gasteiger partial charge in [-0.1, -0.05) is 43.2 Å². The highest BCUT2D eigenvalue weighted by Gasteiger charge is 2.24. The molecule has 0 aliphatic carbocycles. The number of cyclic esters (lactones) is 1. The second-order valence-electron chi connectivity index (χ2n) is 5.98. The number of aliphatic imine (C=N–C) groups is 1. The molecule has 2 aromatic rings. The Hall–Kier alpha value is -2.88. The van der Waals surface area contributed by atoms with Crippen molar-refractivity contribution < 1.29 is 14.3 Å². The summed E-state index contributed by atoms with van der Waals surface area (Å²) in [7, 11) is 0. The molecule has 0 N–H and O–H groups in total. The van der Waals surface area contributed by atoms with Crippen LogP contribution in [0.5, 0.6) is 5.75 Å². The van der Waals surface area contributed by atoms with Gasteiger partial charge in [0.1, 0.15) is 5.75 Å². The monoisotopic (exact) mass is 335 g/mol. The second-order valence-corrected chi connectivity index (χ2v) is 5.98. The molecule has 4 nitrogen and oxygen atoms in total. The summed E-state index contributed by atoms with van der Waals surface area (Å²) in [4.78, 5) is 16.4. The van der Waals surface area contributed by atoms with Gasteiger partial charge in [-0.05, 0) is 49.2 Å². The molecule has 128 valence electrons. The molecule has 1 aliphatic heterocycles. The lowest BCUT2D eigenvalue weighted by molar-refractivity contribution is -0.129. The molecule has 1 heterocycles. The molecule has 0 atom stereocenters. The van der Waals surface area contributed by atoms with Crippen LogP contribution in [0, 0.1) is 6.92 Å². The molecule has 2 aromatic carbocycles. The number of carbonyl (C=O) groups is 1. The number of aryl methyl sites for hydroxylation is 1. The van der Waals surface area contributed by atoms with E-state index in [9.17, 15) is 4.79 Å². The first-order valence-electron chi connectivity index (χ1n) is 8.48. The fourth-order valence-electron chi connectivity index (χ4n) is 2.48. The van der Waals surface area contributed by atoms with E-state index in [0.717, 1.165) is 35.3 Å².